The maximum absolute atomic E-state index is 9.34. The molecule has 1 aromatic carbocycles. The number of nitrogens with zero attached hydrogens (tertiary/aromatic N) is 1. The Kier molecular flexibility index (Phi) is 2.58. The van der Waals surface area contributed by atoms with Crippen LogP contribution in [0.4, 0.5) is 5.69 Å². The van der Waals surface area contributed by atoms with Crippen molar-refractivity contribution >= 4 is 5.69 Å². The number of phenols is 1. The molecule has 0 atom stereocenters. The molecule has 0 spiro atoms. The number of oxazole rings is 1. The summed E-state index contributed by atoms with van der Waals surface area (Å²) in [6.07, 6.45) is 3.07. The van der Waals surface area contributed by atoms with Gasteiger partial charge in [0.05, 0.1) is 12.7 Å². The first-order chi connectivity index (χ1) is 7.25. The Balaban J connectivity index is 2.02. The van der Waals surface area contributed by atoms with E-state index >= 15 is 0 Å². The third-order valence-electron chi connectivity index (χ3n) is 2.15. The van der Waals surface area contributed by atoms with Crippen LogP contribution in [0.2, 0.25) is 0 Å². The number of hydrogen-bond donors (Lipinski definition) is 2. The molecule has 0 saturated carbocycles. The van der Waals surface area contributed by atoms with Crippen LogP contribution in [0.5, 0.6) is 5.75 Å². The highest BCUT2D eigenvalue weighted by molar-refractivity contribution is 5.50. The first-order valence-corrected chi connectivity index (χ1v) is 4.66. The molecule has 0 aliphatic rings. The number of nitrogens with one attached hydrogen (secondary N) is 1. The summed E-state index contributed by atoms with van der Waals surface area (Å²) < 4.78 is 5.09. The molecule has 0 unspecified atom stereocenters. The lowest BCUT2D eigenvalue weighted by molar-refractivity contribution is 0.471. The largest absolute Gasteiger partial charge is 0.508 e. The highest BCUT2D eigenvalue weighted by Gasteiger charge is 1.99. The average Bonchev–Trinajstić information content (AvgIpc) is 2.73. The van der Waals surface area contributed by atoms with Gasteiger partial charge in [-0.3, -0.25) is 0 Å². The zero-order valence-corrected chi connectivity index (χ0v) is 8.40. The van der Waals surface area contributed by atoms with Crippen molar-refractivity contribution in [1.29, 1.82) is 0 Å². The quantitative estimate of drug-likeness (QED) is 0.753. The molecule has 0 amide bonds. The molecule has 4 heteroatoms. The highest BCUT2D eigenvalue weighted by atomic mass is 16.3. The van der Waals surface area contributed by atoms with Gasteiger partial charge < -0.3 is 14.8 Å². The molecule has 0 aliphatic heterocycles. The number of benzene rings is 1. The van der Waals surface area contributed by atoms with E-state index in [-0.39, 0.29) is 0 Å². The Morgan fingerprint density at radius 2 is 2.33 bits per heavy atom. The summed E-state index contributed by atoms with van der Waals surface area (Å²) in [7, 11) is 0. The van der Waals surface area contributed by atoms with Crippen molar-refractivity contribution in [3.05, 3.63) is 42.1 Å². The van der Waals surface area contributed by atoms with Crippen LogP contribution < -0.4 is 5.32 Å². The SMILES string of the molecule is Cc1cc(NCc2cnco2)ccc1O. The predicted molar refractivity (Wildman–Crippen MR) is 56.7 cm³/mol. The van der Waals surface area contributed by atoms with Crippen molar-refractivity contribution in [3.63, 3.8) is 0 Å². The maximum atomic E-state index is 9.34. The fourth-order valence-corrected chi connectivity index (χ4v) is 1.28. The van der Waals surface area contributed by atoms with E-state index in [0.29, 0.717) is 12.3 Å². The van der Waals surface area contributed by atoms with Gasteiger partial charge in [-0.2, -0.15) is 0 Å². The summed E-state index contributed by atoms with van der Waals surface area (Å²) in [5, 5.41) is 12.5. The second kappa shape index (κ2) is 4.04. The predicted octanol–water partition coefficient (Wildman–Crippen LogP) is 2.30. The Labute approximate surface area is 87.6 Å². The Morgan fingerprint density at radius 1 is 1.47 bits per heavy atom. The van der Waals surface area contributed by atoms with E-state index in [1.165, 1.54) is 6.39 Å². The molecule has 0 fully saturated rings. The number of anilines is 1. The molecule has 0 saturated heterocycles. The van der Waals surface area contributed by atoms with Gasteiger partial charge in [-0.15, -0.1) is 0 Å². The summed E-state index contributed by atoms with van der Waals surface area (Å²) in [6, 6.07) is 5.36. The van der Waals surface area contributed by atoms with Crippen molar-refractivity contribution in [3.8, 4) is 5.75 Å². The number of aromatic nitrogens is 1. The monoisotopic (exact) mass is 204 g/mol. The zero-order chi connectivity index (χ0) is 10.7. The molecule has 78 valence electrons. The fraction of sp³-hybridized carbons (Fsp3) is 0.182. The van der Waals surface area contributed by atoms with E-state index in [4.69, 9.17) is 4.42 Å². The lowest BCUT2D eigenvalue weighted by Gasteiger charge is -2.05. The highest BCUT2D eigenvalue weighted by Crippen LogP contribution is 2.20. The molecule has 2 N–H and O–H groups in total. The molecule has 4 nitrogen and oxygen atoms in total. The Hall–Kier alpha value is -1.97. The summed E-state index contributed by atoms with van der Waals surface area (Å²) >= 11 is 0. The van der Waals surface area contributed by atoms with Gasteiger partial charge in [-0.1, -0.05) is 0 Å². The summed E-state index contributed by atoms with van der Waals surface area (Å²) in [5.41, 5.74) is 1.79. The first kappa shape index (κ1) is 9.58. The Morgan fingerprint density at radius 3 is 3.00 bits per heavy atom. The van der Waals surface area contributed by atoms with E-state index in [9.17, 15) is 5.11 Å². The molecule has 1 heterocycles. The molecule has 2 aromatic rings. The summed E-state index contributed by atoms with van der Waals surface area (Å²) in [6.45, 7) is 2.44. The number of rotatable bonds is 3. The third-order valence-corrected chi connectivity index (χ3v) is 2.15. The van der Waals surface area contributed by atoms with Gasteiger partial charge in [0, 0.05) is 5.69 Å². The number of aryl methyl sites for hydroxylation is 1. The second-order valence-corrected chi connectivity index (χ2v) is 3.32. The maximum Gasteiger partial charge on any atom is 0.180 e. The van der Waals surface area contributed by atoms with Crippen LogP contribution in [-0.4, -0.2) is 10.1 Å². The van der Waals surface area contributed by atoms with Gasteiger partial charge in [0.2, 0.25) is 0 Å². The van der Waals surface area contributed by atoms with Crippen LogP contribution >= 0.6 is 0 Å². The Bertz CT molecular complexity index is 438. The molecule has 0 aliphatic carbocycles. The van der Waals surface area contributed by atoms with Crippen molar-refractivity contribution in [2.24, 2.45) is 0 Å². The van der Waals surface area contributed by atoms with E-state index in [2.05, 4.69) is 10.3 Å². The summed E-state index contributed by atoms with van der Waals surface area (Å²) in [4.78, 5) is 3.82. The van der Waals surface area contributed by atoms with Crippen LogP contribution in [0, 0.1) is 6.92 Å². The van der Waals surface area contributed by atoms with E-state index in [1.54, 1.807) is 12.3 Å². The second-order valence-electron chi connectivity index (χ2n) is 3.32. The van der Waals surface area contributed by atoms with E-state index in [1.807, 2.05) is 19.1 Å². The fourth-order valence-electron chi connectivity index (χ4n) is 1.28. The number of hydrogen-bond acceptors (Lipinski definition) is 4. The smallest absolute Gasteiger partial charge is 0.180 e. The van der Waals surface area contributed by atoms with Gasteiger partial charge in [-0.25, -0.2) is 4.98 Å². The molecule has 0 bridgehead atoms. The van der Waals surface area contributed by atoms with Crippen molar-refractivity contribution in [1.82, 2.24) is 4.98 Å². The van der Waals surface area contributed by atoms with E-state index < -0.39 is 0 Å². The van der Waals surface area contributed by atoms with Crippen LogP contribution in [0.1, 0.15) is 11.3 Å². The van der Waals surface area contributed by atoms with Crippen LogP contribution in [0.15, 0.2) is 35.2 Å². The minimum absolute atomic E-state index is 0.306. The molecule has 15 heavy (non-hydrogen) atoms. The number of aromatic hydroxyl groups is 1. The summed E-state index contributed by atoms with van der Waals surface area (Å²) in [5.74, 6) is 1.08. The third kappa shape index (κ3) is 2.28. The molecule has 0 radical (unpaired) electrons. The zero-order valence-electron chi connectivity index (χ0n) is 8.40. The van der Waals surface area contributed by atoms with Crippen molar-refractivity contribution in [2.75, 3.05) is 5.32 Å². The topological polar surface area (TPSA) is 58.3 Å². The van der Waals surface area contributed by atoms with Gasteiger partial charge in [0.25, 0.3) is 0 Å². The standard InChI is InChI=1S/C11H12N2O2/c1-8-4-9(2-3-11(8)14)13-6-10-5-12-7-15-10/h2-5,7,13-14H,6H2,1H3. The molecular formula is C11H12N2O2. The lowest BCUT2D eigenvalue weighted by atomic mass is 10.2. The average molecular weight is 204 g/mol. The minimum Gasteiger partial charge on any atom is -0.508 e. The van der Waals surface area contributed by atoms with Crippen molar-refractivity contribution < 1.29 is 9.52 Å². The number of phenolic OH excluding ortho intramolecular Hbond substituents is 1. The first-order valence-electron chi connectivity index (χ1n) is 4.66. The lowest BCUT2D eigenvalue weighted by Crippen LogP contribution is -1.98. The molecule has 2 rings (SSSR count). The van der Waals surface area contributed by atoms with Crippen LogP contribution in [-0.2, 0) is 6.54 Å². The van der Waals surface area contributed by atoms with Gasteiger partial charge in [0.1, 0.15) is 11.5 Å². The van der Waals surface area contributed by atoms with Crippen LogP contribution in [0.25, 0.3) is 0 Å². The van der Waals surface area contributed by atoms with Crippen molar-refractivity contribution in [2.45, 2.75) is 13.5 Å². The van der Waals surface area contributed by atoms with Crippen LogP contribution in [0.3, 0.4) is 0 Å². The molecule has 1 aromatic heterocycles. The van der Waals surface area contributed by atoms with Gasteiger partial charge in [-0.05, 0) is 30.7 Å². The van der Waals surface area contributed by atoms with Gasteiger partial charge >= 0.3 is 0 Å². The molecular weight excluding hydrogens is 192 g/mol. The van der Waals surface area contributed by atoms with E-state index in [0.717, 1.165) is 17.0 Å². The minimum atomic E-state index is 0.306. The van der Waals surface area contributed by atoms with Gasteiger partial charge in [0.15, 0.2) is 6.39 Å². The normalized spacial score (nSPS) is 10.2.